The zero-order valence-electron chi connectivity index (χ0n) is 8.71. The van der Waals surface area contributed by atoms with Crippen molar-refractivity contribution in [1.29, 1.82) is 0 Å². The van der Waals surface area contributed by atoms with Crippen molar-refractivity contribution >= 4 is 27.5 Å². The van der Waals surface area contributed by atoms with Crippen LogP contribution in [0.5, 0.6) is 5.88 Å². The van der Waals surface area contributed by atoms with Crippen LogP contribution in [0.25, 0.3) is 10.2 Å². The predicted molar refractivity (Wildman–Crippen MR) is 58.5 cm³/mol. The number of rotatable bonds is 3. The van der Waals surface area contributed by atoms with Crippen molar-refractivity contribution in [2.75, 3.05) is 19.0 Å². The quantitative estimate of drug-likeness (QED) is 0.924. The van der Waals surface area contributed by atoms with Gasteiger partial charge >= 0.3 is 6.18 Å². The Bertz CT molecular complexity index is 526. The maximum absolute atomic E-state index is 12.1. The number of aromatic nitrogens is 2. The van der Waals surface area contributed by atoms with Crippen LogP contribution in [-0.2, 0) is 0 Å². The fourth-order valence-corrected chi connectivity index (χ4v) is 1.97. The standard InChI is InChI=1S/C9H8F3N3OS/c1-13-8-14-5-2-3-17-6(5)7(15-8)16-4-9(10,11)12/h2-3H,4H2,1H3,(H,13,14,15). The molecule has 0 atom stereocenters. The molecule has 0 fully saturated rings. The van der Waals surface area contributed by atoms with E-state index in [1.807, 2.05) is 0 Å². The van der Waals surface area contributed by atoms with Gasteiger partial charge in [0, 0.05) is 7.05 Å². The van der Waals surface area contributed by atoms with E-state index in [0.29, 0.717) is 10.2 Å². The first-order chi connectivity index (χ1) is 7.99. The van der Waals surface area contributed by atoms with Gasteiger partial charge in [-0.25, -0.2) is 4.98 Å². The van der Waals surface area contributed by atoms with Crippen LogP contribution in [0, 0.1) is 0 Å². The van der Waals surface area contributed by atoms with Crippen LogP contribution in [0.4, 0.5) is 19.1 Å². The lowest BCUT2D eigenvalue weighted by Crippen LogP contribution is -2.19. The summed E-state index contributed by atoms with van der Waals surface area (Å²) in [6.45, 7) is -1.36. The monoisotopic (exact) mass is 263 g/mol. The molecule has 0 amide bonds. The van der Waals surface area contributed by atoms with Crippen molar-refractivity contribution in [2.45, 2.75) is 6.18 Å². The van der Waals surface area contributed by atoms with Crippen LogP contribution in [-0.4, -0.2) is 29.8 Å². The lowest BCUT2D eigenvalue weighted by molar-refractivity contribution is -0.153. The van der Waals surface area contributed by atoms with Crippen molar-refractivity contribution in [1.82, 2.24) is 9.97 Å². The molecule has 0 spiro atoms. The normalized spacial score (nSPS) is 11.8. The van der Waals surface area contributed by atoms with E-state index < -0.39 is 12.8 Å². The third-order valence-corrected chi connectivity index (χ3v) is 2.76. The Morgan fingerprint density at radius 3 is 2.82 bits per heavy atom. The molecule has 8 heteroatoms. The third kappa shape index (κ3) is 2.76. The van der Waals surface area contributed by atoms with E-state index >= 15 is 0 Å². The van der Waals surface area contributed by atoms with Crippen molar-refractivity contribution in [3.63, 3.8) is 0 Å². The molecule has 0 aliphatic carbocycles. The van der Waals surface area contributed by atoms with Gasteiger partial charge in [0.05, 0.1) is 5.52 Å². The molecule has 2 aromatic rings. The van der Waals surface area contributed by atoms with Crippen molar-refractivity contribution < 1.29 is 17.9 Å². The molecular formula is C9H8F3N3OS. The average Bonchev–Trinajstić information content (AvgIpc) is 2.72. The van der Waals surface area contributed by atoms with Crippen LogP contribution in [0.2, 0.25) is 0 Å². The van der Waals surface area contributed by atoms with Crippen molar-refractivity contribution in [3.8, 4) is 5.88 Å². The third-order valence-electron chi connectivity index (χ3n) is 1.87. The van der Waals surface area contributed by atoms with Gasteiger partial charge in [-0.2, -0.15) is 18.2 Å². The molecular weight excluding hydrogens is 255 g/mol. The maximum Gasteiger partial charge on any atom is 0.422 e. The van der Waals surface area contributed by atoms with Gasteiger partial charge in [-0.3, -0.25) is 0 Å². The summed E-state index contributed by atoms with van der Waals surface area (Å²) in [5, 5.41) is 4.39. The van der Waals surface area contributed by atoms with E-state index in [1.54, 1.807) is 18.5 Å². The van der Waals surface area contributed by atoms with E-state index in [9.17, 15) is 13.2 Å². The maximum atomic E-state index is 12.1. The van der Waals surface area contributed by atoms with E-state index in [1.165, 1.54) is 11.3 Å². The summed E-state index contributed by atoms with van der Waals surface area (Å²) in [5.41, 5.74) is 0.562. The molecule has 0 aliphatic rings. The average molecular weight is 263 g/mol. The summed E-state index contributed by atoms with van der Waals surface area (Å²) in [4.78, 5) is 7.95. The molecule has 0 unspecified atom stereocenters. The molecule has 0 radical (unpaired) electrons. The Kier molecular flexibility index (Phi) is 3.05. The summed E-state index contributed by atoms with van der Waals surface area (Å²) in [5.74, 6) is 0.180. The number of nitrogens with one attached hydrogen (secondary N) is 1. The van der Waals surface area contributed by atoms with Gasteiger partial charge in [0.2, 0.25) is 11.8 Å². The molecule has 2 rings (SSSR count). The van der Waals surface area contributed by atoms with E-state index in [4.69, 9.17) is 0 Å². The molecule has 92 valence electrons. The number of thiophene rings is 1. The number of hydrogen-bond acceptors (Lipinski definition) is 5. The Hall–Kier alpha value is -1.57. The second-order valence-electron chi connectivity index (χ2n) is 3.14. The van der Waals surface area contributed by atoms with E-state index in [2.05, 4.69) is 20.0 Å². The molecule has 0 saturated heterocycles. The number of anilines is 1. The zero-order valence-corrected chi connectivity index (χ0v) is 9.52. The van der Waals surface area contributed by atoms with E-state index in [-0.39, 0.29) is 11.8 Å². The minimum atomic E-state index is -4.38. The molecule has 2 heterocycles. The van der Waals surface area contributed by atoms with Crippen LogP contribution >= 0.6 is 11.3 Å². The zero-order chi connectivity index (χ0) is 12.5. The Morgan fingerprint density at radius 1 is 1.41 bits per heavy atom. The van der Waals surface area contributed by atoms with Crippen LogP contribution in [0.3, 0.4) is 0 Å². The highest BCUT2D eigenvalue weighted by Crippen LogP contribution is 2.30. The summed E-state index contributed by atoms with van der Waals surface area (Å²) in [6.07, 6.45) is -4.38. The molecule has 0 bridgehead atoms. The summed E-state index contributed by atoms with van der Waals surface area (Å²) < 4.78 is 41.4. The highest BCUT2D eigenvalue weighted by molar-refractivity contribution is 7.17. The fourth-order valence-electron chi connectivity index (χ4n) is 1.20. The lowest BCUT2D eigenvalue weighted by Gasteiger charge is -2.09. The first-order valence-electron chi connectivity index (χ1n) is 4.62. The molecule has 2 aromatic heterocycles. The number of hydrogen-bond donors (Lipinski definition) is 1. The molecule has 1 N–H and O–H groups in total. The van der Waals surface area contributed by atoms with Gasteiger partial charge < -0.3 is 10.1 Å². The summed E-state index contributed by atoms with van der Waals surface area (Å²) in [7, 11) is 1.58. The first kappa shape index (κ1) is 11.9. The number of nitrogens with zero attached hydrogens (tertiary/aromatic N) is 2. The largest absolute Gasteiger partial charge is 0.467 e. The fraction of sp³-hybridized carbons (Fsp3) is 0.333. The highest BCUT2D eigenvalue weighted by Gasteiger charge is 2.29. The number of fused-ring (bicyclic) bond motifs is 1. The van der Waals surface area contributed by atoms with Gasteiger partial charge in [-0.15, -0.1) is 11.3 Å². The highest BCUT2D eigenvalue weighted by atomic mass is 32.1. The molecule has 0 aliphatic heterocycles. The molecule has 4 nitrogen and oxygen atoms in total. The van der Waals surface area contributed by atoms with Crippen molar-refractivity contribution in [3.05, 3.63) is 11.4 Å². The van der Waals surface area contributed by atoms with Crippen LogP contribution in [0.15, 0.2) is 11.4 Å². The number of ether oxygens (including phenoxy) is 1. The Morgan fingerprint density at radius 2 is 2.18 bits per heavy atom. The number of alkyl halides is 3. The van der Waals surface area contributed by atoms with Gasteiger partial charge in [-0.05, 0) is 11.4 Å². The minimum Gasteiger partial charge on any atom is -0.467 e. The smallest absolute Gasteiger partial charge is 0.422 e. The second-order valence-corrected chi connectivity index (χ2v) is 4.06. The minimum absolute atomic E-state index is 0.0494. The SMILES string of the molecule is CNc1nc(OCC(F)(F)F)c2sccc2n1. The van der Waals surface area contributed by atoms with E-state index in [0.717, 1.165) is 0 Å². The molecule has 0 aromatic carbocycles. The number of halogens is 3. The van der Waals surface area contributed by atoms with Crippen LogP contribution in [0.1, 0.15) is 0 Å². The lowest BCUT2D eigenvalue weighted by atomic mass is 10.4. The molecule has 0 saturated carbocycles. The summed E-state index contributed by atoms with van der Waals surface area (Å²) in [6, 6.07) is 1.70. The van der Waals surface area contributed by atoms with Gasteiger partial charge in [0.25, 0.3) is 0 Å². The van der Waals surface area contributed by atoms with Gasteiger partial charge in [-0.1, -0.05) is 0 Å². The predicted octanol–water partition coefficient (Wildman–Crippen LogP) is 2.67. The van der Waals surface area contributed by atoms with Gasteiger partial charge in [0.15, 0.2) is 6.61 Å². The van der Waals surface area contributed by atoms with Gasteiger partial charge in [0.1, 0.15) is 4.70 Å². The Labute approximate surface area is 98.4 Å². The second kappa shape index (κ2) is 4.36. The topological polar surface area (TPSA) is 47.0 Å². The van der Waals surface area contributed by atoms with Crippen LogP contribution < -0.4 is 10.1 Å². The Balaban J connectivity index is 2.34. The van der Waals surface area contributed by atoms with Crippen molar-refractivity contribution in [2.24, 2.45) is 0 Å². The molecule has 17 heavy (non-hydrogen) atoms. The first-order valence-corrected chi connectivity index (χ1v) is 5.50. The summed E-state index contributed by atoms with van der Waals surface area (Å²) >= 11 is 1.24.